The summed E-state index contributed by atoms with van der Waals surface area (Å²) in [7, 11) is 0. The Balaban J connectivity index is 2.18. The second-order valence-electron chi connectivity index (χ2n) is 7.63. The van der Waals surface area contributed by atoms with Crippen LogP contribution >= 0.6 is 0 Å². The SMILES string of the molecule is CC[C@H](C(=O)NC(C)C)N(Cc1ccccc1)C(=O)COc1ccc(C)c(C)c1. The van der Waals surface area contributed by atoms with Gasteiger partial charge in [-0.2, -0.15) is 0 Å². The molecule has 0 unspecified atom stereocenters. The maximum absolute atomic E-state index is 13.1. The fraction of sp³-hybridized carbons (Fsp3) is 0.417. The highest BCUT2D eigenvalue weighted by molar-refractivity contribution is 5.88. The van der Waals surface area contributed by atoms with Gasteiger partial charge in [0.15, 0.2) is 6.61 Å². The molecule has 0 radical (unpaired) electrons. The van der Waals surface area contributed by atoms with Crippen LogP contribution in [0, 0.1) is 13.8 Å². The molecule has 0 aliphatic heterocycles. The molecule has 1 N–H and O–H groups in total. The van der Waals surface area contributed by atoms with Gasteiger partial charge in [0.05, 0.1) is 0 Å². The Morgan fingerprint density at radius 1 is 1.03 bits per heavy atom. The largest absolute Gasteiger partial charge is 0.484 e. The summed E-state index contributed by atoms with van der Waals surface area (Å²) in [5, 5.41) is 2.93. The molecule has 2 aromatic carbocycles. The van der Waals surface area contributed by atoms with Crippen molar-refractivity contribution >= 4 is 11.8 Å². The average molecular weight is 397 g/mol. The van der Waals surface area contributed by atoms with Gasteiger partial charge in [0.2, 0.25) is 5.91 Å². The standard InChI is InChI=1S/C24H32N2O3/c1-6-22(24(28)25-17(2)3)26(15-20-10-8-7-9-11-20)23(27)16-29-21-13-12-18(4)19(5)14-21/h7-14,17,22H,6,15-16H2,1-5H3,(H,25,28)/t22-/m1/s1. The molecule has 0 aliphatic rings. The zero-order chi connectivity index (χ0) is 21.4. The van der Waals surface area contributed by atoms with Gasteiger partial charge in [-0.1, -0.05) is 43.3 Å². The molecule has 0 spiro atoms. The van der Waals surface area contributed by atoms with E-state index in [-0.39, 0.29) is 24.5 Å². The first-order valence-corrected chi connectivity index (χ1v) is 10.2. The number of carbonyl (C=O) groups excluding carboxylic acids is 2. The van der Waals surface area contributed by atoms with Gasteiger partial charge in [0.25, 0.3) is 5.91 Å². The van der Waals surface area contributed by atoms with Crippen LogP contribution in [0.4, 0.5) is 0 Å². The molecular formula is C24H32N2O3. The van der Waals surface area contributed by atoms with E-state index in [1.165, 1.54) is 5.56 Å². The topological polar surface area (TPSA) is 58.6 Å². The highest BCUT2D eigenvalue weighted by atomic mass is 16.5. The molecule has 29 heavy (non-hydrogen) atoms. The van der Waals surface area contributed by atoms with Crippen molar-refractivity contribution in [3.63, 3.8) is 0 Å². The maximum Gasteiger partial charge on any atom is 0.261 e. The van der Waals surface area contributed by atoms with E-state index in [2.05, 4.69) is 5.32 Å². The van der Waals surface area contributed by atoms with Gasteiger partial charge < -0.3 is 15.0 Å². The second-order valence-corrected chi connectivity index (χ2v) is 7.63. The molecule has 0 aromatic heterocycles. The molecule has 0 saturated carbocycles. The number of amides is 2. The van der Waals surface area contributed by atoms with E-state index >= 15 is 0 Å². The zero-order valence-corrected chi connectivity index (χ0v) is 18.1. The van der Waals surface area contributed by atoms with E-state index in [1.54, 1.807) is 4.90 Å². The highest BCUT2D eigenvalue weighted by Gasteiger charge is 2.29. The number of carbonyl (C=O) groups is 2. The summed E-state index contributed by atoms with van der Waals surface area (Å²) in [6.45, 7) is 10.0. The second kappa shape index (κ2) is 10.6. The van der Waals surface area contributed by atoms with Crippen molar-refractivity contribution in [1.82, 2.24) is 10.2 Å². The Hall–Kier alpha value is -2.82. The summed E-state index contributed by atoms with van der Waals surface area (Å²) in [6.07, 6.45) is 0.529. The predicted octanol–water partition coefficient (Wildman–Crippen LogP) is 4.01. The van der Waals surface area contributed by atoms with Crippen LogP contribution in [-0.4, -0.2) is 35.4 Å². The van der Waals surface area contributed by atoms with Gasteiger partial charge in [0.1, 0.15) is 11.8 Å². The van der Waals surface area contributed by atoms with Crippen LogP contribution in [0.3, 0.4) is 0 Å². The summed E-state index contributed by atoms with van der Waals surface area (Å²) in [4.78, 5) is 27.4. The first-order chi connectivity index (χ1) is 13.8. The summed E-state index contributed by atoms with van der Waals surface area (Å²) in [5.41, 5.74) is 3.26. The average Bonchev–Trinajstić information content (AvgIpc) is 2.68. The van der Waals surface area contributed by atoms with Crippen molar-refractivity contribution in [1.29, 1.82) is 0 Å². The van der Waals surface area contributed by atoms with Crippen molar-refractivity contribution in [2.75, 3.05) is 6.61 Å². The molecule has 156 valence electrons. The van der Waals surface area contributed by atoms with Crippen LogP contribution in [0.1, 0.15) is 43.9 Å². The monoisotopic (exact) mass is 396 g/mol. The van der Waals surface area contributed by atoms with Crippen LogP contribution < -0.4 is 10.1 Å². The van der Waals surface area contributed by atoms with E-state index in [0.29, 0.717) is 18.7 Å². The van der Waals surface area contributed by atoms with Gasteiger partial charge in [-0.05, 0) is 62.9 Å². The number of hydrogen-bond donors (Lipinski definition) is 1. The molecule has 0 aliphatic carbocycles. The van der Waals surface area contributed by atoms with E-state index in [0.717, 1.165) is 11.1 Å². The third-order valence-corrected chi connectivity index (χ3v) is 4.85. The molecule has 2 rings (SSSR count). The van der Waals surface area contributed by atoms with Gasteiger partial charge in [0, 0.05) is 12.6 Å². The summed E-state index contributed by atoms with van der Waals surface area (Å²) >= 11 is 0. The minimum Gasteiger partial charge on any atom is -0.484 e. The molecule has 0 saturated heterocycles. The van der Waals surface area contributed by atoms with Crippen molar-refractivity contribution in [3.8, 4) is 5.75 Å². The number of nitrogens with zero attached hydrogens (tertiary/aromatic N) is 1. The summed E-state index contributed by atoms with van der Waals surface area (Å²) in [6, 6.07) is 14.9. The number of rotatable bonds is 9. The lowest BCUT2D eigenvalue weighted by atomic mass is 10.1. The van der Waals surface area contributed by atoms with Crippen LogP contribution in [0.25, 0.3) is 0 Å². The van der Waals surface area contributed by atoms with E-state index in [4.69, 9.17) is 4.74 Å². The van der Waals surface area contributed by atoms with Gasteiger partial charge >= 0.3 is 0 Å². The van der Waals surface area contributed by atoms with Crippen molar-refractivity contribution in [2.45, 2.75) is 59.7 Å². The fourth-order valence-electron chi connectivity index (χ4n) is 3.11. The van der Waals surface area contributed by atoms with Crippen LogP contribution in [-0.2, 0) is 16.1 Å². The molecule has 2 aromatic rings. The normalized spacial score (nSPS) is 11.8. The fourth-order valence-corrected chi connectivity index (χ4v) is 3.11. The smallest absolute Gasteiger partial charge is 0.261 e. The number of benzene rings is 2. The van der Waals surface area contributed by atoms with Crippen molar-refractivity contribution in [2.24, 2.45) is 0 Å². The molecular weight excluding hydrogens is 364 g/mol. The van der Waals surface area contributed by atoms with Gasteiger partial charge in [-0.15, -0.1) is 0 Å². The Labute approximate surface area is 174 Å². The van der Waals surface area contributed by atoms with Crippen LogP contribution in [0.15, 0.2) is 48.5 Å². The number of nitrogens with one attached hydrogen (secondary N) is 1. The summed E-state index contributed by atoms with van der Waals surface area (Å²) < 4.78 is 5.75. The van der Waals surface area contributed by atoms with E-state index in [1.807, 2.05) is 83.1 Å². The van der Waals surface area contributed by atoms with Crippen molar-refractivity contribution in [3.05, 3.63) is 65.2 Å². The maximum atomic E-state index is 13.1. The van der Waals surface area contributed by atoms with E-state index < -0.39 is 6.04 Å². The number of aryl methyl sites for hydroxylation is 2. The zero-order valence-electron chi connectivity index (χ0n) is 18.1. The van der Waals surface area contributed by atoms with Crippen LogP contribution in [0.2, 0.25) is 0 Å². The van der Waals surface area contributed by atoms with Gasteiger partial charge in [-0.25, -0.2) is 0 Å². The third-order valence-electron chi connectivity index (χ3n) is 4.85. The van der Waals surface area contributed by atoms with Crippen molar-refractivity contribution < 1.29 is 14.3 Å². The van der Waals surface area contributed by atoms with Gasteiger partial charge in [-0.3, -0.25) is 9.59 Å². The molecule has 0 fully saturated rings. The lowest BCUT2D eigenvalue weighted by molar-refractivity contribution is -0.143. The Kier molecular flexibility index (Phi) is 8.25. The first kappa shape index (κ1) is 22.5. The number of ether oxygens (including phenoxy) is 1. The molecule has 1 atom stereocenters. The Morgan fingerprint density at radius 2 is 1.72 bits per heavy atom. The molecule has 0 bridgehead atoms. The summed E-state index contributed by atoms with van der Waals surface area (Å²) in [5.74, 6) is 0.302. The lowest BCUT2D eigenvalue weighted by Crippen LogP contribution is -2.51. The lowest BCUT2D eigenvalue weighted by Gasteiger charge is -2.31. The Bertz CT molecular complexity index is 818. The molecule has 0 heterocycles. The Morgan fingerprint density at radius 3 is 2.31 bits per heavy atom. The van der Waals surface area contributed by atoms with E-state index in [9.17, 15) is 9.59 Å². The molecule has 2 amide bonds. The molecule has 5 heteroatoms. The quantitative estimate of drug-likeness (QED) is 0.697. The number of hydrogen-bond acceptors (Lipinski definition) is 3. The third kappa shape index (κ3) is 6.63. The van der Waals surface area contributed by atoms with Crippen LogP contribution in [0.5, 0.6) is 5.75 Å². The highest BCUT2D eigenvalue weighted by Crippen LogP contribution is 2.18. The minimum absolute atomic E-state index is 0.0111. The molecule has 5 nitrogen and oxygen atoms in total. The predicted molar refractivity (Wildman–Crippen MR) is 116 cm³/mol. The first-order valence-electron chi connectivity index (χ1n) is 10.2. The minimum atomic E-state index is -0.548.